The lowest BCUT2D eigenvalue weighted by atomic mass is 10.2. The van der Waals surface area contributed by atoms with E-state index < -0.39 is 10.0 Å². The first-order chi connectivity index (χ1) is 15.5. The van der Waals surface area contributed by atoms with Gasteiger partial charge in [-0.05, 0) is 18.2 Å². The van der Waals surface area contributed by atoms with E-state index in [0.717, 1.165) is 0 Å². The molecular weight excluding hydrogens is 442 g/mol. The number of sulfonamides is 1. The molecule has 0 spiro atoms. The molecule has 32 heavy (non-hydrogen) atoms. The van der Waals surface area contributed by atoms with Crippen molar-refractivity contribution >= 4 is 26.8 Å². The zero-order valence-corrected chi connectivity index (χ0v) is 17.7. The number of rotatable bonds is 7. The minimum absolute atomic E-state index is 0.0521. The highest BCUT2D eigenvalue weighted by Crippen LogP contribution is 2.44. The molecule has 1 N–H and O–H groups in total. The van der Waals surface area contributed by atoms with Crippen LogP contribution in [0.2, 0.25) is 0 Å². The number of hydrogen-bond acceptors (Lipinski definition) is 10. The van der Waals surface area contributed by atoms with E-state index in [1.54, 1.807) is 35.3 Å². The largest absolute Gasteiger partial charge is 0.495 e. The highest BCUT2D eigenvalue weighted by Gasteiger charge is 2.33. The van der Waals surface area contributed by atoms with Crippen molar-refractivity contribution in [2.45, 2.75) is 11.4 Å². The molecule has 0 radical (unpaired) electrons. The van der Waals surface area contributed by atoms with Crippen LogP contribution in [0.5, 0.6) is 23.1 Å². The normalized spacial score (nSPS) is 12.8. The van der Waals surface area contributed by atoms with Crippen LogP contribution in [0.3, 0.4) is 0 Å². The van der Waals surface area contributed by atoms with Crippen molar-refractivity contribution in [1.82, 2.24) is 19.9 Å². The summed E-state index contributed by atoms with van der Waals surface area (Å²) in [5.74, 6) is 0.484. The lowest BCUT2D eigenvalue weighted by molar-refractivity contribution is 0.171. The SMILES string of the molecule is COc1ccc2c(c1S(=O)(=O)Nc1noc3cc(Cn4cccn4)nc(OC)c13)OCO2. The van der Waals surface area contributed by atoms with Crippen molar-refractivity contribution in [3.05, 3.63) is 42.4 Å². The van der Waals surface area contributed by atoms with E-state index in [0.29, 0.717) is 23.6 Å². The molecule has 4 aromatic rings. The summed E-state index contributed by atoms with van der Waals surface area (Å²) in [6.45, 7) is 0.264. The number of hydrogen-bond donors (Lipinski definition) is 1. The Labute approximate surface area is 181 Å². The lowest BCUT2D eigenvalue weighted by Gasteiger charge is -2.12. The maximum absolute atomic E-state index is 13.3. The molecule has 0 aliphatic carbocycles. The van der Waals surface area contributed by atoms with E-state index in [2.05, 4.69) is 20.0 Å². The summed E-state index contributed by atoms with van der Waals surface area (Å²) < 4.78 is 57.3. The van der Waals surface area contributed by atoms with Gasteiger partial charge >= 0.3 is 0 Å². The maximum Gasteiger partial charge on any atom is 0.270 e. The summed E-state index contributed by atoms with van der Waals surface area (Å²) in [7, 11) is -1.44. The zero-order chi connectivity index (χ0) is 22.3. The van der Waals surface area contributed by atoms with Gasteiger partial charge in [-0.3, -0.25) is 9.40 Å². The Bertz CT molecular complexity index is 1400. The van der Waals surface area contributed by atoms with Gasteiger partial charge in [-0.15, -0.1) is 0 Å². The number of aromatic nitrogens is 4. The highest BCUT2D eigenvalue weighted by atomic mass is 32.2. The van der Waals surface area contributed by atoms with E-state index in [1.165, 1.54) is 20.3 Å². The van der Waals surface area contributed by atoms with Crippen LogP contribution in [0.4, 0.5) is 5.82 Å². The number of ether oxygens (including phenoxy) is 4. The van der Waals surface area contributed by atoms with Crippen LogP contribution in [-0.4, -0.2) is 49.4 Å². The molecule has 166 valence electrons. The molecule has 5 rings (SSSR count). The van der Waals surface area contributed by atoms with Crippen molar-refractivity contribution in [2.24, 2.45) is 0 Å². The molecule has 12 nitrogen and oxygen atoms in total. The Morgan fingerprint density at radius 3 is 2.84 bits per heavy atom. The van der Waals surface area contributed by atoms with Crippen LogP contribution in [0.25, 0.3) is 11.0 Å². The van der Waals surface area contributed by atoms with Gasteiger partial charge in [0.15, 0.2) is 27.8 Å². The van der Waals surface area contributed by atoms with E-state index >= 15 is 0 Å². The van der Waals surface area contributed by atoms with E-state index in [9.17, 15) is 8.42 Å². The van der Waals surface area contributed by atoms with Crippen LogP contribution in [0.1, 0.15) is 5.69 Å². The van der Waals surface area contributed by atoms with E-state index in [1.807, 2.05) is 0 Å². The fourth-order valence-corrected chi connectivity index (χ4v) is 4.67. The van der Waals surface area contributed by atoms with Gasteiger partial charge < -0.3 is 23.5 Å². The molecule has 0 fully saturated rings. The maximum atomic E-state index is 13.3. The fraction of sp³-hybridized carbons (Fsp3) is 0.211. The summed E-state index contributed by atoms with van der Waals surface area (Å²) in [6.07, 6.45) is 3.44. The molecule has 1 aliphatic rings. The van der Waals surface area contributed by atoms with Crippen LogP contribution < -0.4 is 23.7 Å². The molecular formula is C19H17N5O7S. The smallest absolute Gasteiger partial charge is 0.270 e. The quantitative estimate of drug-likeness (QED) is 0.436. The predicted octanol–water partition coefficient (Wildman–Crippen LogP) is 2.01. The number of methoxy groups -OCH3 is 2. The number of pyridine rings is 1. The van der Waals surface area contributed by atoms with Crippen molar-refractivity contribution in [2.75, 3.05) is 25.7 Å². The third-order valence-corrected chi connectivity index (χ3v) is 6.12. The number of nitrogens with zero attached hydrogens (tertiary/aromatic N) is 4. The van der Waals surface area contributed by atoms with Crippen LogP contribution in [0.15, 0.2) is 46.1 Å². The van der Waals surface area contributed by atoms with Gasteiger partial charge in [0.05, 0.1) is 26.5 Å². The second-order valence-corrected chi connectivity index (χ2v) is 8.29. The van der Waals surface area contributed by atoms with Gasteiger partial charge in [0.25, 0.3) is 10.0 Å². The van der Waals surface area contributed by atoms with Gasteiger partial charge in [-0.1, -0.05) is 5.16 Å². The molecule has 1 aromatic carbocycles. The Kier molecular flexibility index (Phi) is 4.74. The second-order valence-electron chi connectivity index (χ2n) is 6.67. The van der Waals surface area contributed by atoms with E-state index in [4.69, 9.17) is 23.5 Å². The summed E-state index contributed by atoms with van der Waals surface area (Å²) in [5, 5.41) is 8.29. The Balaban J connectivity index is 1.56. The monoisotopic (exact) mass is 459 g/mol. The molecule has 0 unspecified atom stereocenters. The Morgan fingerprint density at radius 2 is 2.09 bits per heavy atom. The molecule has 0 saturated carbocycles. The van der Waals surface area contributed by atoms with Gasteiger partial charge in [0.2, 0.25) is 12.7 Å². The van der Waals surface area contributed by atoms with Crippen LogP contribution >= 0.6 is 0 Å². The zero-order valence-electron chi connectivity index (χ0n) is 16.9. The number of nitrogens with one attached hydrogen (secondary N) is 1. The van der Waals surface area contributed by atoms with E-state index in [-0.39, 0.29) is 40.3 Å². The van der Waals surface area contributed by atoms with Crippen molar-refractivity contribution in [3.8, 4) is 23.1 Å². The first kappa shape index (κ1) is 19.9. The van der Waals surface area contributed by atoms with Gasteiger partial charge in [0, 0.05) is 18.5 Å². The van der Waals surface area contributed by atoms with Gasteiger partial charge in [-0.2, -0.15) is 5.10 Å². The predicted molar refractivity (Wildman–Crippen MR) is 110 cm³/mol. The Morgan fingerprint density at radius 1 is 1.22 bits per heavy atom. The number of anilines is 1. The van der Waals surface area contributed by atoms with Crippen molar-refractivity contribution < 1.29 is 31.9 Å². The van der Waals surface area contributed by atoms with Crippen LogP contribution in [0, 0.1) is 0 Å². The molecule has 13 heteroatoms. The average Bonchev–Trinajstić information content (AvgIpc) is 3.53. The first-order valence-corrected chi connectivity index (χ1v) is 10.8. The third-order valence-electron chi connectivity index (χ3n) is 4.73. The topological polar surface area (TPSA) is 140 Å². The summed E-state index contributed by atoms with van der Waals surface area (Å²) >= 11 is 0. The standard InChI is InChI=1S/C19H17N5O7S/c1-27-13-5-4-12-16(30-10-29-12)17(13)32(25,26)23-18-15-14(31-22-18)8-11(21-19(15)28-2)9-24-7-3-6-20-24/h3-8H,9-10H2,1-2H3,(H,22,23). The fourth-order valence-electron chi connectivity index (χ4n) is 3.36. The molecule has 3 aromatic heterocycles. The minimum atomic E-state index is -4.22. The van der Waals surface area contributed by atoms with Gasteiger partial charge in [0.1, 0.15) is 11.1 Å². The van der Waals surface area contributed by atoms with Crippen molar-refractivity contribution in [3.63, 3.8) is 0 Å². The highest BCUT2D eigenvalue weighted by molar-refractivity contribution is 7.93. The Hall–Kier alpha value is -4.00. The summed E-state index contributed by atoms with van der Waals surface area (Å²) in [4.78, 5) is 4.22. The molecule has 0 atom stereocenters. The number of fused-ring (bicyclic) bond motifs is 2. The molecule has 0 bridgehead atoms. The molecule has 1 aliphatic heterocycles. The van der Waals surface area contributed by atoms with Crippen molar-refractivity contribution in [1.29, 1.82) is 0 Å². The molecule has 0 saturated heterocycles. The average molecular weight is 459 g/mol. The molecule has 0 amide bonds. The minimum Gasteiger partial charge on any atom is -0.495 e. The first-order valence-electron chi connectivity index (χ1n) is 9.30. The van der Waals surface area contributed by atoms with Gasteiger partial charge in [-0.25, -0.2) is 13.4 Å². The lowest BCUT2D eigenvalue weighted by Crippen LogP contribution is -2.15. The van der Waals surface area contributed by atoms with Crippen LogP contribution in [-0.2, 0) is 16.6 Å². The number of benzene rings is 1. The molecule has 4 heterocycles. The summed E-state index contributed by atoms with van der Waals surface area (Å²) in [5.41, 5.74) is 0.887. The summed E-state index contributed by atoms with van der Waals surface area (Å²) in [6, 6.07) is 6.48. The third kappa shape index (κ3) is 3.32. The second kappa shape index (κ2) is 7.60.